The second-order valence-electron chi connectivity index (χ2n) is 13.0. The highest BCUT2D eigenvalue weighted by Crippen LogP contribution is 2.47. The molecule has 11 atom stereocenters. The molecule has 0 amide bonds. The van der Waals surface area contributed by atoms with Crippen molar-refractivity contribution >= 4 is 7.60 Å². The molecule has 0 aromatic carbocycles. The molecule has 1 heterocycles. The smallest absolute Gasteiger partial charge is 0.330 e. The summed E-state index contributed by atoms with van der Waals surface area (Å²) in [6, 6.07) is 0. The van der Waals surface area contributed by atoms with E-state index in [-0.39, 0.29) is 38.4 Å². The molecule has 0 aromatic rings. The van der Waals surface area contributed by atoms with E-state index in [1.807, 2.05) is 20.8 Å². The van der Waals surface area contributed by atoms with Crippen LogP contribution in [0.25, 0.3) is 0 Å². The number of hydrogen-bond acceptors (Lipinski definition) is 13. The van der Waals surface area contributed by atoms with E-state index in [4.69, 9.17) is 28.2 Å². The zero-order valence-electron chi connectivity index (χ0n) is 26.8. The topological polar surface area (TPSA) is 214 Å². The molecule has 2 rings (SSSR count). The highest BCUT2D eigenvalue weighted by molar-refractivity contribution is 7.53. The van der Waals surface area contributed by atoms with Crippen LogP contribution in [0.3, 0.4) is 0 Å². The van der Waals surface area contributed by atoms with Gasteiger partial charge in [-0.2, -0.15) is 0 Å². The molecule has 1 saturated heterocycles. The van der Waals surface area contributed by atoms with E-state index >= 15 is 0 Å². The van der Waals surface area contributed by atoms with E-state index in [2.05, 4.69) is 0 Å². The first-order valence-corrected chi connectivity index (χ1v) is 17.4. The van der Waals surface area contributed by atoms with Crippen molar-refractivity contribution in [1.29, 1.82) is 0 Å². The Bertz CT molecular complexity index is 841. The highest BCUT2D eigenvalue weighted by Gasteiger charge is 2.47. The van der Waals surface area contributed by atoms with Crippen molar-refractivity contribution in [3.8, 4) is 0 Å². The van der Waals surface area contributed by atoms with Crippen molar-refractivity contribution in [2.75, 3.05) is 39.6 Å². The van der Waals surface area contributed by atoms with Gasteiger partial charge in [-0.1, -0.05) is 13.8 Å². The molecule has 1 aliphatic carbocycles. The van der Waals surface area contributed by atoms with Crippen LogP contribution in [0, 0.1) is 5.92 Å². The molecule has 44 heavy (non-hydrogen) atoms. The van der Waals surface area contributed by atoms with Gasteiger partial charge in [0.25, 0.3) is 0 Å². The summed E-state index contributed by atoms with van der Waals surface area (Å²) in [5.41, 5.74) is -0.690. The van der Waals surface area contributed by atoms with Crippen LogP contribution in [0.5, 0.6) is 0 Å². The molecular formula is C29H57O14P. The summed E-state index contributed by atoms with van der Waals surface area (Å²) in [7, 11) is -3.60. The predicted octanol–water partition coefficient (Wildman–Crippen LogP) is 0.691. The number of unbranched alkanes of at least 4 members (excludes halogenated alkanes) is 3. The molecule has 0 bridgehead atoms. The average Bonchev–Trinajstić information content (AvgIpc) is 2.95. The molecule has 1 saturated carbocycles. The largest absolute Gasteiger partial charge is 0.390 e. The summed E-state index contributed by atoms with van der Waals surface area (Å²) < 4.78 is 45.4. The van der Waals surface area contributed by atoms with Gasteiger partial charge < -0.3 is 63.7 Å². The normalized spacial score (nSPS) is 34.8. The third-order valence-electron chi connectivity index (χ3n) is 7.79. The molecule has 262 valence electrons. The lowest BCUT2D eigenvalue weighted by Crippen LogP contribution is -2.60. The Labute approximate surface area is 261 Å². The summed E-state index contributed by atoms with van der Waals surface area (Å²) in [5.74, 6) is -0.689. The van der Waals surface area contributed by atoms with E-state index in [9.17, 15) is 40.1 Å². The Morgan fingerprint density at radius 3 is 2.02 bits per heavy atom. The van der Waals surface area contributed by atoms with Gasteiger partial charge in [0.1, 0.15) is 36.6 Å². The molecule has 11 unspecified atom stereocenters. The minimum atomic E-state index is -3.60. The van der Waals surface area contributed by atoms with E-state index in [1.54, 1.807) is 13.8 Å². The van der Waals surface area contributed by atoms with E-state index in [0.29, 0.717) is 32.5 Å². The molecule has 7 N–H and O–H groups in total. The van der Waals surface area contributed by atoms with E-state index in [1.165, 1.54) is 0 Å². The summed E-state index contributed by atoms with van der Waals surface area (Å²) >= 11 is 0. The Balaban J connectivity index is 1.77. The lowest BCUT2D eigenvalue weighted by molar-refractivity contribution is -0.308. The van der Waals surface area contributed by atoms with Gasteiger partial charge in [0, 0.05) is 25.7 Å². The fraction of sp³-hybridized carbons (Fsp3) is 1.00. The van der Waals surface area contributed by atoms with Crippen LogP contribution in [0.4, 0.5) is 0 Å². The van der Waals surface area contributed by atoms with Crippen LogP contribution in [0.15, 0.2) is 0 Å². The van der Waals surface area contributed by atoms with Crippen molar-refractivity contribution in [3.63, 3.8) is 0 Å². The van der Waals surface area contributed by atoms with Crippen LogP contribution >= 0.6 is 7.60 Å². The standard InChI is InChI=1S/C29H57O14P/c1-18(2)44(36,37)42-14-8-6-7-12-39-20-15-19(22(30)25(33)23(20)31)16-40-28-27(35)26(34)24(32)21(43-28)17-38-11-9-10-13-41-29(3,4)5/h18-28,30-35H,6-17H2,1-5H3,(H,36,37). The highest BCUT2D eigenvalue weighted by atomic mass is 31.2. The van der Waals surface area contributed by atoms with Crippen molar-refractivity contribution in [1.82, 2.24) is 0 Å². The minimum Gasteiger partial charge on any atom is -0.390 e. The Morgan fingerprint density at radius 2 is 1.36 bits per heavy atom. The van der Waals surface area contributed by atoms with Gasteiger partial charge in [-0.25, -0.2) is 0 Å². The van der Waals surface area contributed by atoms with Crippen LogP contribution in [0.1, 0.15) is 73.1 Å². The first-order valence-electron chi connectivity index (χ1n) is 15.7. The number of rotatable bonds is 19. The van der Waals surface area contributed by atoms with Gasteiger partial charge in [-0.15, -0.1) is 0 Å². The van der Waals surface area contributed by atoms with Crippen molar-refractivity contribution in [3.05, 3.63) is 0 Å². The summed E-state index contributed by atoms with van der Waals surface area (Å²) in [4.78, 5) is 9.70. The summed E-state index contributed by atoms with van der Waals surface area (Å²) in [5, 5.41) is 62.6. The van der Waals surface area contributed by atoms with Gasteiger partial charge in [-0.05, 0) is 59.3 Å². The number of hydrogen-bond donors (Lipinski definition) is 7. The Kier molecular flexibility index (Phi) is 17.1. The zero-order chi connectivity index (χ0) is 33.1. The first-order chi connectivity index (χ1) is 20.5. The van der Waals surface area contributed by atoms with Gasteiger partial charge in [-0.3, -0.25) is 4.57 Å². The Hall–Kier alpha value is -0.290. The first kappa shape index (κ1) is 39.9. The van der Waals surface area contributed by atoms with E-state index in [0.717, 1.165) is 12.8 Å². The van der Waals surface area contributed by atoms with Crippen molar-refractivity contribution in [2.45, 2.75) is 140 Å². The van der Waals surface area contributed by atoms with Gasteiger partial charge in [0.2, 0.25) is 0 Å². The van der Waals surface area contributed by atoms with Crippen LogP contribution in [0.2, 0.25) is 0 Å². The molecule has 1 aliphatic heterocycles. The fourth-order valence-electron chi connectivity index (χ4n) is 4.87. The SMILES string of the molecule is CC(C)P(=O)(O)OCCCCCOC1CC(COC2OC(COCCCCOC(C)(C)C)C(O)C(O)C2O)C(O)C(O)C1O. The summed E-state index contributed by atoms with van der Waals surface area (Å²) in [6.45, 7) is 10.3. The summed E-state index contributed by atoms with van der Waals surface area (Å²) in [6.07, 6.45) is -8.34. The van der Waals surface area contributed by atoms with Crippen LogP contribution < -0.4 is 0 Å². The third-order valence-corrected chi connectivity index (χ3v) is 9.65. The molecule has 2 fully saturated rings. The Morgan fingerprint density at radius 1 is 0.750 bits per heavy atom. The number of ether oxygens (including phenoxy) is 5. The maximum absolute atomic E-state index is 11.8. The lowest BCUT2D eigenvalue weighted by atomic mass is 9.81. The monoisotopic (exact) mass is 660 g/mol. The molecule has 14 nitrogen and oxygen atoms in total. The maximum Gasteiger partial charge on any atom is 0.330 e. The van der Waals surface area contributed by atoms with Crippen molar-refractivity contribution < 1.29 is 68.3 Å². The third kappa shape index (κ3) is 13.1. The van der Waals surface area contributed by atoms with E-state index < -0.39 is 74.3 Å². The number of aliphatic hydroxyl groups is 6. The molecule has 0 spiro atoms. The molecule has 15 heteroatoms. The van der Waals surface area contributed by atoms with Crippen LogP contribution in [-0.2, 0) is 32.8 Å². The quantitative estimate of drug-likeness (QED) is 0.0750. The van der Waals surface area contributed by atoms with Gasteiger partial charge in [0.05, 0.1) is 43.3 Å². The second-order valence-corrected chi connectivity index (χ2v) is 15.4. The van der Waals surface area contributed by atoms with Crippen LogP contribution in [-0.4, -0.2) is 142 Å². The predicted molar refractivity (Wildman–Crippen MR) is 159 cm³/mol. The lowest BCUT2D eigenvalue weighted by Gasteiger charge is -2.43. The molecular weight excluding hydrogens is 603 g/mol. The fourth-order valence-corrected chi connectivity index (χ4v) is 5.55. The second kappa shape index (κ2) is 18.9. The number of aliphatic hydroxyl groups excluding tert-OH is 6. The minimum absolute atomic E-state index is 0.0407. The zero-order valence-corrected chi connectivity index (χ0v) is 27.7. The molecule has 2 aliphatic rings. The van der Waals surface area contributed by atoms with Gasteiger partial charge in [0.15, 0.2) is 6.29 Å². The van der Waals surface area contributed by atoms with Gasteiger partial charge >= 0.3 is 7.60 Å². The molecule has 0 aromatic heterocycles. The average molecular weight is 661 g/mol. The molecule has 0 radical (unpaired) electrons. The van der Waals surface area contributed by atoms with Crippen molar-refractivity contribution in [2.24, 2.45) is 5.92 Å². The maximum atomic E-state index is 11.8.